The molecule has 0 bridgehead atoms. The molecule has 0 spiro atoms. The molecule has 146 valence electrons. The lowest BCUT2D eigenvalue weighted by Crippen LogP contribution is -2.47. The number of nitrogens with zero attached hydrogens (tertiary/aromatic N) is 5. The predicted molar refractivity (Wildman–Crippen MR) is 109 cm³/mol. The van der Waals surface area contributed by atoms with Crippen LogP contribution >= 0.6 is 0 Å². The van der Waals surface area contributed by atoms with Gasteiger partial charge in [0.15, 0.2) is 0 Å². The Morgan fingerprint density at radius 2 is 1.79 bits per heavy atom. The van der Waals surface area contributed by atoms with Crippen molar-refractivity contribution in [1.82, 2.24) is 24.4 Å². The Hall–Kier alpha value is -3.20. The highest BCUT2D eigenvalue weighted by atomic mass is 16.2. The summed E-state index contributed by atoms with van der Waals surface area (Å²) in [5.74, 6) is 0.760. The molecule has 28 heavy (non-hydrogen) atoms. The van der Waals surface area contributed by atoms with E-state index in [4.69, 9.17) is 5.73 Å². The minimum Gasteiger partial charge on any atom is -0.399 e. The first-order valence-electron chi connectivity index (χ1n) is 9.38. The maximum Gasteiger partial charge on any atom is 0.328 e. The molecule has 0 aliphatic carbocycles. The first-order valence-corrected chi connectivity index (χ1v) is 9.38. The fourth-order valence-corrected chi connectivity index (χ4v) is 3.55. The Labute approximate surface area is 161 Å². The highest BCUT2D eigenvalue weighted by molar-refractivity contribution is 5.80. The number of aromatic nitrogens is 4. The third-order valence-corrected chi connectivity index (χ3v) is 5.07. The van der Waals surface area contributed by atoms with Crippen LogP contribution in [-0.2, 0) is 6.54 Å². The van der Waals surface area contributed by atoms with Crippen molar-refractivity contribution in [2.75, 3.05) is 43.4 Å². The van der Waals surface area contributed by atoms with E-state index in [1.54, 1.807) is 30.6 Å². The van der Waals surface area contributed by atoms with Crippen LogP contribution in [0.3, 0.4) is 0 Å². The monoisotopic (exact) mass is 381 g/mol. The summed E-state index contributed by atoms with van der Waals surface area (Å²) in [6.45, 7) is 4.72. The molecule has 9 nitrogen and oxygen atoms in total. The van der Waals surface area contributed by atoms with E-state index in [1.807, 2.05) is 6.07 Å². The average Bonchev–Trinajstić information content (AvgIpc) is 2.72. The number of benzene rings is 1. The van der Waals surface area contributed by atoms with Gasteiger partial charge >= 0.3 is 5.69 Å². The number of nitrogen functional groups attached to an aromatic ring is 1. The van der Waals surface area contributed by atoms with Crippen LogP contribution in [0.5, 0.6) is 0 Å². The first kappa shape index (κ1) is 18.2. The van der Waals surface area contributed by atoms with Gasteiger partial charge in [-0.1, -0.05) is 0 Å². The zero-order chi connectivity index (χ0) is 19.5. The maximum absolute atomic E-state index is 12.6. The normalized spacial score (nSPS) is 15.2. The van der Waals surface area contributed by atoms with Gasteiger partial charge in [0.05, 0.1) is 10.9 Å². The average molecular weight is 381 g/mol. The van der Waals surface area contributed by atoms with Gasteiger partial charge in [-0.15, -0.1) is 0 Å². The summed E-state index contributed by atoms with van der Waals surface area (Å²) in [6.07, 6.45) is 4.22. The van der Waals surface area contributed by atoms with Crippen LogP contribution in [0, 0.1) is 0 Å². The lowest BCUT2D eigenvalue weighted by atomic mass is 10.2. The fourth-order valence-electron chi connectivity index (χ4n) is 3.55. The maximum atomic E-state index is 12.6. The molecule has 4 rings (SSSR count). The number of nitrogens with one attached hydrogen (secondary N) is 1. The Bertz CT molecular complexity index is 1070. The Morgan fingerprint density at radius 1 is 1.04 bits per heavy atom. The molecule has 1 fully saturated rings. The van der Waals surface area contributed by atoms with E-state index in [0.29, 0.717) is 23.1 Å². The summed E-state index contributed by atoms with van der Waals surface area (Å²) < 4.78 is 1.26. The third kappa shape index (κ3) is 3.74. The first-order chi connectivity index (χ1) is 13.6. The molecule has 0 unspecified atom stereocenters. The molecule has 0 saturated carbocycles. The lowest BCUT2D eigenvalue weighted by Gasteiger charge is -2.34. The van der Waals surface area contributed by atoms with Crippen LogP contribution in [0.1, 0.15) is 6.42 Å². The minimum atomic E-state index is -0.381. The molecule has 0 amide bonds. The molecule has 1 aromatic carbocycles. The number of nitrogens with two attached hydrogens (primary N) is 1. The lowest BCUT2D eigenvalue weighted by molar-refractivity contribution is 0.248. The van der Waals surface area contributed by atoms with E-state index in [-0.39, 0.29) is 11.2 Å². The second-order valence-corrected chi connectivity index (χ2v) is 6.92. The molecule has 3 heterocycles. The van der Waals surface area contributed by atoms with Gasteiger partial charge in [-0.2, -0.15) is 0 Å². The van der Waals surface area contributed by atoms with Crippen LogP contribution in [0.4, 0.5) is 11.6 Å². The number of hydrogen-bond donors (Lipinski definition) is 2. The van der Waals surface area contributed by atoms with Gasteiger partial charge in [0.25, 0.3) is 5.56 Å². The fraction of sp³-hybridized carbons (Fsp3) is 0.368. The number of hydrogen-bond acceptors (Lipinski definition) is 7. The molecule has 1 saturated heterocycles. The molecule has 0 atom stereocenters. The third-order valence-electron chi connectivity index (χ3n) is 5.07. The van der Waals surface area contributed by atoms with Crippen LogP contribution in [0.2, 0.25) is 0 Å². The summed E-state index contributed by atoms with van der Waals surface area (Å²) in [5, 5.41) is 0.441. The van der Waals surface area contributed by atoms with Crippen molar-refractivity contribution in [1.29, 1.82) is 0 Å². The van der Waals surface area contributed by atoms with Gasteiger partial charge in [-0.25, -0.2) is 14.8 Å². The summed E-state index contributed by atoms with van der Waals surface area (Å²) in [6, 6.07) is 6.75. The molecular weight excluding hydrogens is 358 g/mol. The second-order valence-electron chi connectivity index (χ2n) is 6.92. The van der Waals surface area contributed by atoms with Crippen molar-refractivity contribution in [3.63, 3.8) is 0 Å². The largest absolute Gasteiger partial charge is 0.399 e. The van der Waals surface area contributed by atoms with Gasteiger partial charge in [-0.3, -0.25) is 14.3 Å². The topological polar surface area (TPSA) is 113 Å². The van der Waals surface area contributed by atoms with Gasteiger partial charge in [0.2, 0.25) is 5.95 Å². The van der Waals surface area contributed by atoms with Crippen molar-refractivity contribution >= 4 is 22.5 Å². The van der Waals surface area contributed by atoms with Crippen LogP contribution in [-0.4, -0.2) is 57.1 Å². The number of H-pyrrole nitrogens is 1. The Balaban J connectivity index is 1.36. The molecule has 9 heteroatoms. The van der Waals surface area contributed by atoms with Crippen molar-refractivity contribution in [3.8, 4) is 0 Å². The molecule has 3 N–H and O–H groups in total. The smallest absolute Gasteiger partial charge is 0.328 e. The Kier molecular flexibility index (Phi) is 5.07. The van der Waals surface area contributed by atoms with Gasteiger partial charge in [0, 0.05) is 50.8 Å². The SMILES string of the molecule is Nc1ccc2[nH]c(=O)n(CCCN3CCN(c4ncccn4)CC3)c(=O)c2c1. The van der Waals surface area contributed by atoms with E-state index >= 15 is 0 Å². The number of anilines is 2. The number of rotatable bonds is 5. The second kappa shape index (κ2) is 7.81. The van der Waals surface area contributed by atoms with Crippen LogP contribution < -0.4 is 21.9 Å². The predicted octanol–water partition coefficient (Wildman–Crippen LogP) is 0.274. The van der Waals surface area contributed by atoms with Crippen molar-refractivity contribution < 1.29 is 0 Å². The van der Waals surface area contributed by atoms with Crippen LogP contribution in [0.15, 0.2) is 46.2 Å². The highest BCUT2D eigenvalue weighted by Crippen LogP contribution is 2.11. The number of aromatic amines is 1. The van der Waals surface area contributed by atoms with E-state index < -0.39 is 0 Å². The zero-order valence-electron chi connectivity index (χ0n) is 15.5. The van der Waals surface area contributed by atoms with E-state index in [2.05, 4.69) is 24.8 Å². The summed E-state index contributed by atoms with van der Waals surface area (Å²) in [4.78, 5) is 40.7. The van der Waals surface area contributed by atoms with Crippen molar-refractivity contribution in [3.05, 3.63) is 57.5 Å². The van der Waals surface area contributed by atoms with Gasteiger partial charge in [0.1, 0.15) is 0 Å². The highest BCUT2D eigenvalue weighted by Gasteiger charge is 2.18. The summed E-state index contributed by atoms with van der Waals surface area (Å²) in [5.41, 5.74) is 6.11. The summed E-state index contributed by atoms with van der Waals surface area (Å²) in [7, 11) is 0. The molecule has 0 radical (unpaired) electrons. The Morgan fingerprint density at radius 3 is 2.54 bits per heavy atom. The number of piperazine rings is 1. The van der Waals surface area contributed by atoms with Crippen molar-refractivity contribution in [2.45, 2.75) is 13.0 Å². The van der Waals surface area contributed by atoms with Gasteiger partial charge in [-0.05, 0) is 37.2 Å². The molecular formula is C19H23N7O2. The van der Waals surface area contributed by atoms with E-state index in [0.717, 1.165) is 45.1 Å². The molecule has 1 aliphatic rings. The van der Waals surface area contributed by atoms with Crippen molar-refractivity contribution in [2.24, 2.45) is 0 Å². The van der Waals surface area contributed by atoms with Crippen LogP contribution in [0.25, 0.3) is 10.9 Å². The molecule has 2 aromatic heterocycles. The standard InChI is InChI=1S/C19H23N7O2/c20-14-3-4-16-15(13-14)17(27)26(19(28)23-16)8-2-7-24-9-11-25(12-10-24)18-21-5-1-6-22-18/h1,3-6,13H,2,7-12,20H2,(H,23,28). The molecule has 3 aromatic rings. The number of fused-ring (bicyclic) bond motifs is 1. The van der Waals surface area contributed by atoms with E-state index in [9.17, 15) is 9.59 Å². The zero-order valence-corrected chi connectivity index (χ0v) is 15.5. The minimum absolute atomic E-state index is 0.294. The van der Waals surface area contributed by atoms with Gasteiger partial charge < -0.3 is 15.6 Å². The van der Waals surface area contributed by atoms with E-state index in [1.165, 1.54) is 4.57 Å². The quantitative estimate of drug-likeness (QED) is 0.610. The molecule has 1 aliphatic heterocycles. The summed E-state index contributed by atoms with van der Waals surface area (Å²) >= 11 is 0.